The Morgan fingerprint density at radius 3 is 2.64 bits per heavy atom. The van der Waals surface area contributed by atoms with Crippen molar-refractivity contribution in [3.05, 3.63) is 42.4 Å². The number of imidazole rings is 1. The van der Waals surface area contributed by atoms with Crippen LogP contribution in [0.1, 0.15) is 18.4 Å². The highest BCUT2D eigenvalue weighted by Crippen LogP contribution is 2.38. The molecule has 3 heterocycles. The van der Waals surface area contributed by atoms with Crippen molar-refractivity contribution in [1.29, 1.82) is 0 Å². The fourth-order valence-electron chi connectivity index (χ4n) is 3.86. The summed E-state index contributed by atoms with van der Waals surface area (Å²) in [5.74, 6) is -2.76. The normalized spacial score (nSPS) is 23.4. The van der Waals surface area contributed by atoms with Crippen LogP contribution in [0.4, 0.5) is 18.9 Å². The van der Waals surface area contributed by atoms with Crippen molar-refractivity contribution in [2.45, 2.75) is 42.6 Å². The number of sulfonamides is 1. The first-order valence-corrected chi connectivity index (χ1v) is 11.5. The number of aliphatic carboxylic acids is 1. The predicted molar refractivity (Wildman–Crippen MR) is 112 cm³/mol. The van der Waals surface area contributed by atoms with Crippen molar-refractivity contribution in [2.75, 3.05) is 25.0 Å². The number of aromatic nitrogens is 2. The number of hydrogen-bond acceptors (Lipinski definition) is 6. The van der Waals surface area contributed by atoms with E-state index in [2.05, 4.69) is 29.4 Å². The number of rotatable bonds is 4. The molecule has 2 saturated heterocycles. The summed E-state index contributed by atoms with van der Waals surface area (Å²) in [6, 6.07) is 8.44. The highest BCUT2D eigenvalue weighted by atomic mass is 32.2. The van der Waals surface area contributed by atoms with Crippen LogP contribution in [0.3, 0.4) is 0 Å². The number of hydrogen-bond donors (Lipinski definition) is 2. The Morgan fingerprint density at radius 2 is 2.06 bits per heavy atom. The van der Waals surface area contributed by atoms with Gasteiger partial charge in [0.05, 0.1) is 24.6 Å². The van der Waals surface area contributed by atoms with Crippen LogP contribution in [0.15, 0.2) is 41.8 Å². The number of nitrogens with zero attached hydrogens (tertiary/aromatic N) is 3. The quantitative estimate of drug-likeness (QED) is 0.677. The predicted octanol–water partition coefficient (Wildman–Crippen LogP) is 2.40. The van der Waals surface area contributed by atoms with Crippen LogP contribution in [-0.2, 0) is 26.6 Å². The monoisotopic (exact) mass is 490 g/mol. The zero-order valence-corrected chi connectivity index (χ0v) is 18.9. The molecule has 182 valence electrons. The lowest BCUT2D eigenvalue weighted by atomic mass is 9.97. The van der Waals surface area contributed by atoms with E-state index in [1.54, 1.807) is 11.6 Å². The molecule has 33 heavy (non-hydrogen) atoms. The molecule has 2 unspecified atom stereocenters. The Balaban J connectivity index is 0.000000383. The first kappa shape index (κ1) is 25.0. The van der Waals surface area contributed by atoms with Crippen LogP contribution < -0.4 is 5.32 Å². The minimum atomic E-state index is -5.08. The molecule has 0 bridgehead atoms. The molecule has 2 aromatic rings. The van der Waals surface area contributed by atoms with Crippen LogP contribution in [0, 0.1) is 6.92 Å². The number of anilines is 1. The van der Waals surface area contributed by atoms with E-state index in [1.165, 1.54) is 22.4 Å². The maximum absolute atomic E-state index is 12.8. The number of halogens is 3. The first-order valence-electron chi connectivity index (χ1n) is 10.1. The molecule has 1 aromatic carbocycles. The van der Waals surface area contributed by atoms with Gasteiger partial charge in [-0.25, -0.2) is 18.2 Å². The summed E-state index contributed by atoms with van der Waals surface area (Å²) in [4.78, 5) is 12.9. The molecular formula is C20H25F3N4O5S. The van der Waals surface area contributed by atoms with Gasteiger partial charge in [-0.2, -0.15) is 17.5 Å². The van der Waals surface area contributed by atoms with E-state index in [4.69, 9.17) is 14.6 Å². The van der Waals surface area contributed by atoms with Crippen molar-refractivity contribution >= 4 is 21.7 Å². The van der Waals surface area contributed by atoms with Gasteiger partial charge in [-0.05, 0) is 31.0 Å². The molecule has 1 spiro atoms. The second-order valence-electron chi connectivity index (χ2n) is 8.18. The third-order valence-corrected chi connectivity index (χ3v) is 7.14. The molecule has 2 atom stereocenters. The molecule has 9 nitrogen and oxygen atoms in total. The first-order chi connectivity index (χ1) is 15.3. The number of nitrogens with one attached hydrogen (secondary N) is 1. The van der Waals surface area contributed by atoms with Crippen molar-refractivity contribution in [3.63, 3.8) is 0 Å². The Hall–Kier alpha value is -2.64. The molecule has 0 saturated carbocycles. The van der Waals surface area contributed by atoms with Gasteiger partial charge in [-0.1, -0.05) is 12.1 Å². The molecular weight excluding hydrogens is 465 g/mol. The molecule has 0 radical (unpaired) electrons. The van der Waals surface area contributed by atoms with E-state index in [9.17, 15) is 21.6 Å². The lowest BCUT2D eigenvalue weighted by molar-refractivity contribution is -0.192. The fraction of sp³-hybridized carbons (Fsp3) is 0.500. The van der Waals surface area contributed by atoms with E-state index in [1.807, 2.05) is 12.1 Å². The highest BCUT2D eigenvalue weighted by Gasteiger charge is 2.49. The SMILES string of the molecule is Cc1cccc(NC2COC3(CCN(S(=O)(=O)c4cn(C)cn4)C3)C2)c1.O=C(O)C(F)(F)F. The molecule has 4 rings (SSSR count). The van der Waals surface area contributed by atoms with Gasteiger partial charge in [0.25, 0.3) is 10.0 Å². The Kier molecular flexibility index (Phi) is 7.05. The summed E-state index contributed by atoms with van der Waals surface area (Å²) in [6.07, 6.45) is -0.523. The molecule has 2 aliphatic heterocycles. The molecule has 2 aliphatic rings. The molecule has 2 fully saturated rings. The van der Waals surface area contributed by atoms with Crippen LogP contribution >= 0.6 is 0 Å². The lowest BCUT2D eigenvalue weighted by Gasteiger charge is -2.23. The topological polar surface area (TPSA) is 114 Å². The molecule has 13 heteroatoms. The van der Waals surface area contributed by atoms with Gasteiger partial charge in [-0.3, -0.25) is 0 Å². The van der Waals surface area contributed by atoms with Crippen LogP contribution in [0.25, 0.3) is 0 Å². The number of ether oxygens (including phenoxy) is 1. The van der Waals surface area contributed by atoms with Gasteiger partial charge in [0.2, 0.25) is 0 Å². The number of carbonyl (C=O) groups is 1. The second-order valence-corrected chi connectivity index (χ2v) is 10.1. The third-order valence-electron chi connectivity index (χ3n) is 5.41. The number of carboxylic acid groups (broad SMARTS) is 1. The van der Waals surface area contributed by atoms with Gasteiger partial charge < -0.3 is 19.7 Å². The van der Waals surface area contributed by atoms with E-state index >= 15 is 0 Å². The second kappa shape index (κ2) is 9.31. The fourth-order valence-corrected chi connectivity index (χ4v) is 5.34. The van der Waals surface area contributed by atoms with Crippen molar-refractivity contribution in [3.8, 4) is 0 Å². The molecule has 0 amide bonds. The average molecular weight is 491 g/mol. The molecule has 0 aliphatic carbocycles. The number of aryl methyl sites for hydroxylation is 2. The number of alkyl halides is 3. The summed E-state index contributed by atoms with van der Waals surface area (Å²) in [6.45, 7) is 3.51. The van der Waals surface area contributed by atoms with Gasteiger partial charge >= 0.3 is 12.1 Å². The minimum Gasteiger partial charge on any atom is -0.475 e. The lowest BCUT2D eigenvalue weighted by Crippen LogP contribution is -2.36. The average Bonchev–Trinajstić information content (AvgIpc) is 3.43. The Labute approximate surface area is 189 Å². The van der Waals surface area contributed by atoms with Gasteiger partial charge in [0.1, 0.15) is 0 Å². The van der Waals surface area contributed by atoms with Gasteiger partial charge in [0.15, 0.2) is 5.03 Å². The zero-order chi connectivity index (χ0) is 24.4. The summed E-state index contributed by atoms with van der Waals surface area (Å²) in [7, 11) is -1.80. The van der Waals surface area contributed by atoms with E-state index < -0.39 is 27.8 Å². The maximum atomic E-state index is 12.8. The number of benzene rings is 1. The Bertz CT molecular complexity index is 1110. The summed E-state index contributed by atoms with van der Waals surface area (Å²) in [5, 5.41) is 10.7. The van der Waals surface area contributed by atoms with E-state index in [0.717, 1.165) is 12.1 Å². The zero-order valence-electron chi connectivity index (χ0n) is 18.0. The third kappa shape index (κ3) is 6.03. The van der Waals surface area contributed by atoms with Crippen molar-refractivity contribution in [2.24, 2.45) is 7.05 Å². The van der Waals surface area contributed by atoms with Gasteiger partial charge in [-0.15, -0.1) is 0 Å². The maximum Gasteiger partial charge on any atom is 0.490 e. The van der Waals surface area contributed by atoms with E-state index in [-0.39, 0.29) is 11.1 Å². The summed E-state index contributed by atoms with van der Waals surface area (Å²) < 4.78 is 66.5. The Morgan fingerprint density at radius 1 is 1.36 bits per heavy atom. The largest absolute Gasteiger partial charge is 0.490 e. The van der Waals surface area contributed by atoms with Crippen LogP contribution in [0.2, 0.25) is 0 Å². The standard InChI is InChI=1S/C18H24N4O3S.C2HF3O2/c1-14-4-3-5-15(8-14)20-16-9-18(25-11-16)6-7-22(12-18)26(23,24)17-10-21(2)13-19-17;3-2(4,5)1(6)7/h3-5,8,10,13,16,20H,6-7,9,11-12H2,1-2H3;(H,6,7). The summed E-state index contributed by atoms with van der Waals surface area (Å²) in [5.41, 5.74) is 1.88. The van der Waals surface area contributed by atoms with Crippen molar-refractivity contribution in [1.82, 2.24) is 13.9 Å². The van der Waals surface area contributed by atoms with Gasteiger partial charge in [0, 0.05) is 38.4 Å². The van der Waals surface area contributed by atoms with Crippen LogP contribution in [-0.4, -0.2) is 70.9 Å². The van der Waals surface area contributed by atoms with Crippen molar-refractivity contribution < 1.29 is 36.2 Å². The minimum absolute atomic E-state index is 0.101. The smallest absolute Gasteiger partial charge is 0.475 e. The molecule has 1 aromatic heterocycles. The van der Waals surface area contributed by atoms with Crippen LogP contribution in [0.5, 0.6) is 0 Å². The highest BCUT2D eigenvalue weighted by molar-refractivity contribution is 7.89. The number of carboxylic acids is 1. The summed E-state index contributed by atoms with van der Waals surface area (Å²) >= 11 is 0. The van der Waals surface area contributed by atoms with E-state index in [0.29, 0.717) is 26.1 Å². The molecule has 2 N–H and O–H groups in total.